The minimum absolute atomic E-state index is 0.0355. The molecule has 1 amide bonds. The van der Waals surface area contributed by atoms with E-state index >= 15 is 0 Å². The highest BCUT2D eigenvalue weighted by molar-refractivity contribution is 6.41. The minimum Gasteiger partial charge on any atom is -0.477 e. The van der Waals surface area contributed by atoms with Crippen molar-refractivity contribution in [2.45, 2.75) is 12.8 Å². The van der Waals surface area contributed by atoms with Gasteiger partial charge in [-0.1, -0.05) is 0 Å². The van der Waals surface area contributed by atoms with Gasteiger partial charge in [0.1, 0.15) is 11.5 Å². The number of methoxy groups -OCH3 is 1. The van der Waals surface area contributed by atoms with E-state index in [-0.39, 0.29) is 22.8 Å². The number of nitrogens with two attached hydrogens (primary N) is 1. The van der Waals surface area contributed by atoms with E-state index in [0.717, 1.165) is 6.08 Å². The topological polar surface area (TPSA) is 122 Å². The molecule has 0 saturated carbocycles. The van der Waals surface area contributed by atoms with Gasteiger partial charge in [-0.15, -0.1) is 0 Å². The van der Waals surface area contributed by atoms with Crippen molar-refractivity contribution < 1.29 is 24.2 Å². The fourth-order valence-corrected chi connectivity index (χ4v) is 2.13. The summed E-state index contributed by atoms with van der Waals surface area (Å²) in [5.74, 6) is -2.55. The molecule has 2 rings (SSSR count). The average Bonchev–Trinajstić information content (AvgIpc) is 2.44. The van der Waals surface area contributed by atoms with Crippen LogP contribution in [0.25, 0.3) is 0 Å². The standard InChI is InChI=1S/C12H13N3O5/c1-20-12(19)8-5-7(11(17)18)14-10-6(9(13)16)3-2-4-15(8)10/h5H,2-4H2,1H3,(H2,13,16)(H,17,18). The second kappa shape index (κ2) is 5.16. The van der Waals surface area contributed by atoms with E-state index in [1.165, 1.54) is 12.0 Å². The fourth-order valence-electron chi connectivity index (χ4n) is 2.13. The number of ether oxygens (including phenoxy) is 1. The molecule has 3 N–H and O–H groups in total. The van der Waals surface area contributed by atoms with E-state index < -0.39 is 17.8 Å². The van der Waals surface area contributed by atoms with Gasteiger partial charge < -0.3 is 20.5 Å². The number of aliphatic carboxylic acids is 1. The van der Waals surface area contributed by atoms with Crippen LogP contribution in [0.5, 0.6) is 0 Å². The predicted molar refractivity (Wildman–Crippen MR) is 67.3 cm³/mol. The quantitative estimate of drug-likeness (QED) is 0.663. The number of esters is 1. The van der Waals surface area contributed by atoms with Gasteiger partial charge in [-0.3, -0.25) is 4.79 Å². The third-order valence-electron chi connectivity index (χ3n) is 3.04. The summed E-state index contributed by atoms with van der Waals surface area (Å²) < 4.78 is 4.63. The maximum absolute atomic E-state index is 11.7. The Bertz CT molecular complexity index is 588. The Kier molecular flexibility index (Phi) is 3.55. The zero-order valence-electron chi connectivity index (χ0n) is 10.8. The van der Waals surface area contributed by atoms with Crippen molar-refractivity contribution in [2.24, 2.45) is 10.7 Å². The molecule has 20 heavy (non-hydrogen) atoms. The van der Waals surface area contributed by atoms with Crippen LogP contribution in [0.2, 0.25) is 0 Å². The van der Waals surface area contributed by atoms with Crippen LogP contribution in [-0.2, 0) is 19.1 Å². The lowest BCUT2D eigenvalue weighted by Crippen LogP contribution is -2.38. The van der Waals surface area contributed by atoms with Crippen LogP contribution in [0.15, 0.2) is 28.2 Å². The SMILES string of the molecule is COC(=O)C1=CC(C(=O)O)=NC2=C(C(N)=O)CCCN12. The fraction of sp³-hybridized carbons (Fsp3) is 0.333. The third-order valence-corrected chi connectivity index (χ3v) is 3.04. The molecule has 2 aliphatic rings. The zero-order valence-corrected chi connectivity index (χ0v) is 10.8. The molecular formula is C12H13N3O5. The van der Waals surface area contributed by atoms with Crippen LogP contribution in [0.3, 0.4) is 0 Å². The number of carbonyl (C=O) groups excluding carboxylic acids is 2. The number of fused-ring (bicyclic) bond motifs is 1. The molecule has 0 atom stereocenters. The van der Waals surface area contributed by atoms with Gasteiger partial charge in [-0.05, 0) is 12.8 Å². The lowest BCUT2D eigenvalue weighted by Gasteiger charge is -2.33. The highest BCUT2D eigenvalue weighted by Gasteiger charge is 2.33. The van der Waals surface area contributed by atoms with Crippen molar-refractivity contribution in [1.82, 2.24) is 4.90 Å². The van der Waals surface area contributed by atoms with Crippen LogP contribution < -0.4 is 5.73 Å². The minimum atomic E-state index is -1.30. The molecule has 0 saturated heterocycles. The number of aliphatic imine (C=N–C) groups is 1. The Morgan fingerprint density at radius 1 is 1.45 bits per heavy atom. The molecule has 0 fully saturated rings. The summed E-state index contributed by atoms with van der Waals surface area (Å²) in [4.78, 5) is 39.6. The largest absolute Gasteiger partial charge is 0.477 e. The van der Waals surface area contributed by atoms with Gasteiger partial charge in [0, 0.05) is 12.6 Å². The normalized spacial score (nSPS) is 17.9. The van der Waals surface area contributed by atoms with Crippen LogP contribution in [0, 0.1) is 0 Å². The van der Waals surface area contributed by atoms with E-state index in [9.17, 15) is 14.4 Å². The molecule has 106 valence electrons. The van der Waals surface area contributed by atoms with E-state index in [1.807, 2.05) is 0 Å². The number of hydrogen-bond donors (Lipinski definition) is 2. The first-order chi connectivity index (χ1) is 9.45. The highest BCUT2D eigenvalue weighted by Crippen LogP contribution is 2.30. The second-order valence-electron chi connectivity index (χ2n) is 4.24. The molecule has 2 heterocycles. The summed E-state index contributed by atoms with van der Waals surface area (Å²) >= 11 is 0. The van der Waals surface area contributed by atoms with Crippen molar-refractivity contribution in [3.8, 4) is 0 Å². The predicted octanol–water partition coefficient (Wildman–Crippen LogP) is -0.625. The molecule has 8 heteroatoms. The van der Waals surface area contributed by atoms with Crippen LogP contribution in [-0.4, -0.2) is 47.2 Å². The molecule has 2 aliphatic heterocycles. The van der Waals surface area contributed by atoms with Crippen molar-refractivity contribution in [3.63, 3.8) is 0 Å². The molecule has 0 aromatic rings. The van der Waals surface area contributed by atoms with Crippen LogP contribution in [0.1, 0.15) is 12.8 Å². The number of nitrogens with zero attached hydrogens (tertiary/aromatic N) is 2. The second-order valence-corrected chi connectivity index (χ2v) is 4.24. The van der Waals surface area contributed by atoms with Gasteiger partial charge >= 0.3 is 11.9 Å². The summed E-state index contributed by atoms with van der Waals surface area (Å²) in [6.45, 7) is 0.434. The van der Waals surface area contributed by atoms with Gasteiger partial charge in [0.15, 0.2) is 5.71 Å². The Morgan fingerprint density at radius 3 is 2.70 bits per heavy atom. The molecule has 0 bridgehead atoms. The first-order valence-electron chi connectivity index (χ1n) is 5.88. The molecule has 0 aromatic heterocycles. The van der Waals surface area contributed by atoms with Crippen molar-refractivity contribution in [2.75, 3.05) is 13.7 Å². The van der Waals surface area contributed by atoms with Crippen molar-refractivity contribution in [3.05, 3.63) is 23.2 Å². The van der Waals surface area contributed by atoms with E-state index in [4.69, 9.17) is 10.8 Å². The summed E-state index contributed by atoms with van der Waals surface area (Å²) in [5, 5.41) is 9.04. The zero-order chi connectivity index (χ0) is 14.9. The lowest BCUT2D eigenvalue weighted by molar-refractivity contribution is -0.137. The Balaban J connectivity index is 2.60. The molecule has 0 unspecified atom stereocenters. The molecule has 8 nitrogen and oxygen atoms in total. The summed E-state index contributed by atoms with van der Waals surface area (Å²) in [6, 6.07) is 0. The summed E-state index contributed by atoms with van der Waals surface area (Å²) in [7, 11) is 1.19. The molecule has 0 spiro atoms. The number of hydrogen-bond acceptors (Lipinski definition) is 6. The van der Waals surface area contributed by atoms with Gasteiger partial charge in [0.2, 0.25) is 5.91 Å². The first kappa shape index (κ1) is 13.8. The van der Waals surface area contributed by atoms with Gasteiger partial charge in [-0.2, -0.15) is 0 Å². The number of carbonyl (C=O) groups is 3. The van der Waals surface area contributed by atoms with Gasteiger partial charge in [-0.25, -0.2) is 14.6 Å². The molecule has 0 aromatic carbocycles. The van der Waals surface area contributed by atoms with Crippen LogP contribution in [0.4, 0.5) is 0 Å². The number of carboxylic acids is 1. The van der Waals surface area contributed by atoms with Crippen LogP contribution >= 0.6 is 0 Å². The Labute approximate surface area is 114 Å². The first-order valence-corrected chi connectivity index (χ1v) is 5.88. The van der Waals surface area contributed by atoms with E-state index in [1.54, 1.807) is 0 Å². The molecule has 0 radical (unpaired) electrons. The average molecular weight is 279 g/mol. The molecular weight excluding hydrogens is 266 g/mol. The van der Waals surface area contributed by atoms with E-state index in [2.05, 4.69) is 9.73 Å². The highest BCUT2D eigenvalue weighted by atomic mass is 16.5. The number of amides is 1. The number of rotatable bonds is 3. The number of carboxylic acid groups (broad SMARTS) is 1. The summed E-state index contributed by atoms with van der Waals surface area (Å²) in [6.07, 6.45) is 2.13. The molecule has 0 aliphatic carbocycles. The Hall–Kier alpha value is -2.64. The third kappa shape index (κ3) is 2.27. The van der Waals surface area contributed by atoms with Crippen molar-refractivity contribution in [1.29, 1.82) is 0 Å². The smallest absolute Gasteiger partial charge is 0.354 e. The van der Waals surface area contributed by atoms with E-state index in [0.29, 0.717) is 19.4 Å². The maximum atomic E-state index is 11.7. The Morgan fingerprint density at radius 2 is 2.15 bits per heavy atom. The lowest BCUT2D eigenvalue weighted by atomic mass is 10.0. The van der Waals surface area contributed by atoms with Crippen molar-refractivity contribution >= 4 is 23.6 Å². The van der Waals surface area contributed by atoms with Gasteiger partial charge in [0.25, 0.3) is 0 Å². The summed E-state index contributed by atoms with van der Waals surface area (Å²) in [5.41, 5.74) is 5.19. The van der Waals surface area contributed by atoms with Gasteiger partial charge in [0.05, 0.1) is 12.7 Å². The number of primary amides is 1. The maximum Gasteiger partial charge on any atom is 0.354 e. The monoisotopic (exact) mass is 279 g/mol.